The average Bonchev–Trinajstić information content (AvgIpc) is 3.75. The number of allylic oxidation sites excluding steroid dienone is 2. The number of para-hydroxylation sites is 1. The van der Waals surface area contributed by atoms with Gasteiger partial charge in [0, 0.05) is 36.9 Å². The summed E-state index contributed by atoms with van der Waals surface area (Å²) in [5.41, 5.74) is 15.0. The van der Waals surface area contributed by atoms with E-state index in [9.17, 15) is 0 Å². The van der Waals surface area contributed by atoms with Gasteiger partial charge in [-0.05, 0) is 120 Å². The van der Waals surface area contributed by atoms with Gasteiger partial charge in [-0.25, -0.2) is 0 Å². The molecule has 1 aliphatic heterocycles. The maximum absolute atomic E-state index is 2.58. The van der Waals surface area contributed by atoms with Crippen LogP contribution in [0.25, 0.3) is 49.1 Å². The fourth-order valence-corrected chi connectivity index (χ4v) is 9.53. The maximum Gasteiger partial charge on any atom is 0.0591 e. The van der Waals surface area contributed by atoms with Gasteiger partial charge in [-0.2, -0.15) is 0 Å². The Hall–Kier alpha value is -3.53. The van der Waals surface area contributed by atoms with Crippen molar-refractivity contribution in [3.05, 3.63) is 123 Å². The number of aryl methyl sites for hydroxylation is 2. The van der Waals surface area contributed by atoms with Crippen molar-refractivity contribution in [3.8, 4) is 27.3 Å². The van der Waals surface area contributed by atoms with Crippen LogP contribution in [0.1, 0.15) is 65.1 Å². The highest BCUT2D eigenvalue weighted by Crippen LogP contribution is 2.56. The Morgan fingerprint density at radius 2 is 1.64 bits per heavy atom. The molecule has 0 N–H and O–H groups in total. The molecule has 6 aromatic rings. The van der Waals surface area contributed by atoms with Gasteiger partial charge in [0.1, 0.15) is 0 Å². The van der Waals surface area contributed by atoms with E-state index in [1.54, 1.807) is 0 Å². The smallest absolute Gasteiger partial charge is 0.0591 e. The highest BCUT2D eigenvalue weighted by Gasteiger charge is 2.41. The lowest BCUT2D eigenvalue weighted by atomic mass is 9.80. The molecule has 2 aliphatic rings. The lowest BCUT2D eigenvalue weighted by Gasteiger charge is -2.25. The first-order valence-electron chi connectivity index (χ1n) is 15.0. The zero-order chi connectivity index (χ0) is 28.9. The molecule has 3 heterocycles. The zero-order valence-corrected chi connectivity index (χ0v) is 26.8. The largest absolute Gasteiger partial charge is 0.309 e. The Bertz CT molecular complexity index is 2100. The second-order valence-corrected chi connectivity index (χ2v) is 15.4. The van der Waals surface area contributed by atoms with Crippen LogP contribution in [0.15, 0.2) is 89.8 Å². The van der Waals surface area contributed by atoms with Crippen molar-refractivity contribution in [1.82, 2.24) is 4.57 Å². The summed E-state index contributed by atoms with van der Waals surface area (Å²) in [4.78, 5) is 4.14. The number of hydrogen-bond acceptors (Lipinski definition) is 2. The van der Waals surface area contributed by atoms with Crippen molar-refractivity contribution >= 4 is 44.9 Å². The first kappa shape index (κ1) is 26.1. The van der Waals surface area contributed by atoms with Crippen LogP contribution in [0.4, 0.5) is 0 Å². The lowest BCUT2D eigenvalue weighted by molar-refractivity contribution is 0.664. The maximum atomic E-state index is 2.58. The van der Waals surface area contributed by atoms with Gasteiger partial charge in [0.25, 0.3) is 0 Å². The third-order valence-corrected chi connectivity index (χ3v) is 12.1. The van der Waals surface area contributed by atoms with Crippen LogP contribution >= 0.6 is 23.1 Å². The summed E-state index contributed by atoms with van der Waals surface area (Å²) in [6.07, 6.45) is 3.49. The summed E-state index contributed by atoms with van der Waals surface area (Å²) in [7, 11) is 0. The van der Waals surface area contributed by atoms with E-state index in [2.05, 4.69) is 131 Å². The summed E-state index contributed by atoms with van der Waals surface area (Å²) >= 11 is 3.89. The molecule has 3 heteroatoms. The second-order valence-electron chi connectivity index (χ2n) is 12.6. The number of nitrogens with zero attached hydrogens (tertiary/aromatic N) is 1. The topological polar surface area (TPSA) is 4.93 Å². The van der Waals surface area contributed by atoms with E-state index in [1.807, 2.05) is 23.1 Å². The SMILES string of the molecule is CC1=CCC(c2ccc3c4c(C)c(C)c5c(c4n(-c4ccccc4)c3c2)C(C)(C)c2cc(-c3ccc(C)s3)ccc2-5)S1. The number of benzene rings is 4. The quantitative estimate of drug-likeness (QED) is 0.201. The molecule has 1 atom stereocenters. The van der Waals surface area contributed by atoms with Gasteiger partial charge in [0.2, 0.25) is 0 Å². The van der Waals surface area contributed by atoms with Gasteiger partial charge < -0.3 is 4.57 Å². The third kappa shape index (κ3) is 3.63. The fraction of sp³-hybridized carbons (Fsp3) is 0.231. The molecule has 0 saturated heterocycles. The predicted molar refractivity (Wildman–Crippen MR) is 185 cm³/mol. The zero-order valence-electron chi connectivity index (χ0n) is 25.1. The van der Waals surface area contributed by atoms with Crippen molar-refractivity contribution in [1.29, 1.82) is 0 Å². The van der Waals surface area contributed by atoms with E-state index in [4.69, 9.17) is 0 Å². The van der Waals surface area contributed by atoms with Gasteiger partial charge in [-0.3, -0.25) is 0 Å². The van der Waals surface area contributed by atoms with Crippen LogP contribution in [0, 0.1) is 20.8 Å². The molecule has 2 aromatic heterocycles. The molecule has 8 rings (SSSR count). The predicted octanol–water partition coefficient (Wildman–Crippen LogP) is 11.8. The summed E-state index contributed by atoms with van der Waals surface area (Å²) in [6.45, 7) is 14.0. The van der Waals surface area contributed by atoms with Crippen molar-refractivity contribution in [2.75, 3.05) is 0 Å². The molecule has 1 unspecified atom stereocenters. The Labute approximate surface area is 256 Å². The summed E-state index contributed by atoms with van der Waals surface area (Å²) in [6, 6.07) is 30.0. The first-order valence-corrected chi connectivity index (χ1v) is 16.7. The minimum atomic E-state index is -0.143. The van der Waals surface area contributed by atoms with Crippen LogP contribution in [0.5, 0.6) is 0 Å². The van der Waals surface area contributed by atoms with Crippen LogP contribution in [0.2, 0.25) is 0 Å². The average molecular weight is 582 g/mol. The molecule has 1 aliphatic carbocycles. The minimum absolute atomic E-state index is 0.143. The van der Waals surface area contributed by atoms with Crippen LogP contribution in [0.3, 0.4) is 0 Å². The highest BCUT2D eigenvalue weighted by atomic mass is 32.2. The summed E-state index contributed by atoms with van der Waals surface area (Å²) in [5.74, 6) is 0. The third-order valence-electron chi connectivity index (χ3n) is 9.74. The van der Waals surface area contributed by atoms with Crippen molar-refractivity contribution in [2.24, 2.45) is 0 Å². The number of fused-ring (bicyclic) bond motifs is 7. The van der Waals surface area contributed by atoms with Crippen LogP contribution in [-0.4, -0.2) is 4.57 Å². The molecule has 0 bridgehead atoms. The molecule has 0 spiro atoms. The number of rotatable bonds is 3. The summed E-state index contributed by atoms with van der Waals surface area (Å²) < 4.78 is 2.58. The molecule has 0 amide bonds. The first-order chi connectivity index (χ1) is 20.2. The van der Waals surface area contributed by atoms with Crippen molar-refractivity contribution < 1.29 is 0 Å². The van der Waals surface area contributed by atoms with E-state index < -0.39 is 0 Å². The van der Waals surface area contributed by atoms with Gasteiger partial charge >= 0.3 is 0 Å². The number of hydrogen-bond donors (Lipinski definition) is 0. The molecular formula is C39H35NS2. The van der Waals surface area contributed by atoms with E-state index in [0.29, 0.717) is 5.25 Å². The van der Waals surface area contributed by atoms with Crippen LogP contribution in [-0.2, 0) is 5.41 Å². The molecule has 4 aromatic carbocycles. The monoisotopic (exact) mass is 581 g/mol. The van der Waals surface area contributed by atoms with Gasteiger partial charge in [-0.1, -0.05) is 62.4 Å². The minimum Gasteiger partial charge on any atom is -0.309 e. The Morgan fingerprint density at radius 1 is 0.833 bits per heavy atom. The molecule has 42 heavy (non-hydrogen) atoms. The number of thioether (sulfide) groups is 1. The van der Waals surface area contributed by atoms with E-state index in [0.717, 1.165) is 6.42 Å². The van der Waals surface area contributed by atoms with Gasteiger partial charge in [0.05, 0.1) is 11.0 Å². The van der Waals surface area contributed by atoms with Crippen LogP contribution < -0.4 is 0 Å². The van der Waals surface area contributed by atoms with Gasteiger partial charge in [-0.15, -0.1) is 23.1 Å². The standard InChI is InChI=1S/C39H35NS2/c1-22-12-18-33(41-22)26-14-16-29-31(20-26)39(5,6)37-35(29)24(3)25(4)36-30-17-15-27(34-19-13-23(2)42-34)21-32(30)40(38(36)37)28-10-8-7-9-11-28/h7-18,20-21,34H,19H2,1-6H3. The van der Waals surface area contributed by atoms with E-state index in [1.165, 1.54) is 86.7 Å². The number of thiophene rings is 1. The molecule has 0 radical (unpaired) electrons. The van der Waals surface area contributed by atoms with E-state index >= 15 is 0 Å². The fourth-order valence-electron chi connectivity index (χ4n) is 7.55. The molecular weight excluding hydrogens is 547 g/mol. The molecule has 208 valence electrons. The second kappa shape index (κ2) is 9.23. The Kier molecular flexibility index (Phi) is 5.74. The molecule has 0 fully saturated rings. The highest BCUT2D eigenvalue weighted by molar-refractivity contribution is 8.03. The van der Waals surface area contributed by atoms with Gasteiger partial charge in [0.15, 0.2) is 0 Å². The van der Waals surface area contributed by atoms with E-state index in [-0.39, 0.29) is 5.41 Å². The Balaban J connectivity index is 1.47. The Morgan fingerprint density at radius 3 is 2.36 bits per heavy atom. The lowest BCUT2D eigenvalue weighted by Crippen LogP contribution is -2.17. The van der Waals surface area contributed by atoms with Crippen molar-refractivity contribution in [2.45, 2.75) is 58.6 Å². The molecule has 0 saturated carbocycles. The normalized spacial score (nSPS) is 17.2. The van der Waals surface area contributed by atoms with Crippen molar-refractivity contribution in [3.63, 3.8) is 0 Å². The molecule has 1 nitrogen and oxygen atoms in total. The number of aromatic nitrogens is 1. The summed E-state index contributed by atoms with van der Waals surface area (Å²) in [5, 5.41) is 3.25.